The molecule has 0 fully saturated rings. The molecule has 2 heterocycles. The molecule has 0 radical (unpaired) electrons. The lowest BCUT2D eigenvalue weighted by Gasteiger charge is -2.14. The first-order valence-electron chi connectivity index (χ1n) is 8.16. The minimum atomic E-state index is 0.285. The fourth-order valence-corrected chi connectivity index (χ4v) is 2.88. The maximum absolute atomic E-state index is 7.77. The smallest absolute Gasteiger partial charge is 0.187 e. The van der Waals surface area contributed by atoms with Gasteiger partial charge < -0.3 is 10.1 Å². The lowest BCUT2D eigenvalue weighted by atomic mass is 10.1. The summed E-state index contributed by atoms with van der Waals surface area (Å²) in [5, 5.41) is 11.0. The van der Waals surface area contributed by atoms with E-state index in [0.29, 0.717) is 11.6 Å². The van der Waals surface area contributed by atoms with E-state index in [1.807, 2.05) is 49.4 Å². The van der Waals surface area contributed by atoms with Gasteiger partial charge in [-0.3, -0.25) is 5.41 Å². The molecule has 0 unspecified atom stereocenters. The average molecular weight is 343 g/mol. The van der Waals surface area contributed by atoms with Crippen LogP contribution in [-0.2, 0) is 0 Å². The van der Waals surface area contributed by atoms with Crippen molar-refractivity contribution in [2.45, 2.75) is 6.92 Å². The van der Waals surface area contributed by atoms with Gasteiger partial charge in [-0.2, -0.15) is 0 Å². The molecule has 0 saturated heterocycles. The highest BCUT2D eigenvalue weighted by Crippen LogP contribution is 2.35. The van der Waals surface area contributed by atoms with Crippen molar-refractivity contribution in [2.75, 3.05) is 12.4 Å². The maximum Gasteiger partial charge on any atom is 0.187 e. The minimum absolute atomic E-state index is 0.285. The Hall–Kier alpha value is -3.54. The van der Waals surface area contributed by atoms with Crippen molar-refractivity contribution in [1.29, 1.82) is 5.41 Å². The van der Waals surface area contributed by atoms with E-state index in [9.17, 15) is 0 Å². The van der Waals surface area contributed by atoms with Gasteiger partial charge >= 0.3 is 0 Å². The van der Waals surface area contributed by atoms with Gasteiger partial charge in [-0.1, -0.05) is 29.8 Å². The van der Waals surface area contributed by atoms with E-state index in [4.69, 9.17) is 10.1 Å². The largest absolute Gasteiger partial charge is 0.491 e. The third kappa shape index (κ3) is 2.82. The van der Waals surface area contributed by atoms with E-state index in [1.165, 1.54) is 11.9 Å². The van der Waals surface area contributed by atoms with Crippen molar-refractivity contribution in [3.05, 3.63) is 65.5 Å². The van der Waals surface area contributed by atoms with E-state index in [0.717, 1.165) is 28.1 Å². The van der Waals surface area contributed by atoms with Crippen molar-refractivity contribution in [3.63, 3.8) is 0 Å². The highest BCUT2D eigenvalue weighted by Gasteiger charge is 2.16. The number of nitrogens with zero attached hydrogens (tertiary/aromatic N) is 3. The summed E-state index contributed by atoms with van der Waals surface area (Å²) in [6, 6.07) is 13.8. The number of hydrogen-bond donors (Lipinski definition) is 2. The zero-order valence-electron chi connectivity index (χ0n) is 14.4. The second-order valence-corrected chi connectivity index (χ2v) is 6.00. The second kappa shape index (κ2) is 6.40. The highest BCUT2D eigenvalue weighted by atomic mass is 16.5. The standard InChI is InChI=1S/C20H17N5O/c1-12-3-5-13(6-4-12)17-18(26-2)20(24-11-23-17)25-15-7-8-16-14(9-15)10-22-19(16)21/h3-11,21H,1-2H3,(H,23,24,25). The first kappa shape index (κ1) is 16.0. The van der Waals surface area contributed by atoms with Gasteiger partial charge in [0.2, 0.25) is 0 Å². The van der Waals surface area contributed by atoms with E-state index >= 15 is 0 Å². The molecule has 1 aromatic heterocycles. The number of anilines is 2. The number of amidine groups is 1. The topological polar surface area (TPSA) is 83.2 Å². The Labute approximate surface area is 151 Å². The Morgan fingerprint density at radius 2 is 1.85 bits per heavy atom. The summed E-state index contributed by atoms with van der Waals surface area (Å²) < 4.78 is 5.60. The van der Waals surface area contributed by atoms with Gasteiger partial charge in [0.25, 0.3) is 0 Å². The van der Waals surface area contributed by atoms with Crippen molar-refractivity contribution < 1.29 is 4.74 Å². The van der Waals surface area contributed by atoms with E-state index in [2.05, 4.69) is 20.3 Å². The van der Waals surface area contributed by atoms with Crippen molar-refractivity contribution >= 4 is 23.6 Å². The van der Waals surface area contributed by atoms with Crippen LogP contribution in [0, 0.1) is 12.3 Å². The predicted octanol–water partition coefficient (Wildman–Crippen LogP) is 3.96. The van der Waals surface area contributed by atoms with Gasteiger partial charge in [0.15, 0.2) is 17.4 Å². The Morgan fingerprint density at radius 1 is 1.04 bits per heavy atom. The number of aromatic nitrogens is 2. The van der Waals surface area contributed by atoms with Gasteiger partial charge in [0, 0.05) is 28.6 Å². The summed E-state index contributed by atoms with van der Waals surface area (Å²) >= 11 is 0. The van der Waals surface area contributed by atoms with Crippen LogP contribution in [0.4, 0.5) is 11.5 Å². The Balaban J connectivity index is 1.71. The molecule has 1 aliphatic heterocycles. The third-order valence-electron chi connectivity index (χ3n) is 4.24. The molecule has 26 heavy (non-hydrogen) atoms. The maximum atomic E-state index is 7.77. The Morgan fingerprint density at radius 3 is 2.62 bits per heavy atom. The summed E-state index contributed by atoms with van der Waals surface area (Å²) in [6.45, 7) is 2.05. The van der Waals surface area contributed by atoms with Crippen LogP contribution in [-0.4, -0.2) is 29.1 Å². The number of hydrogen-bond acceptors (Lipinski definition) is 5. The average Bonchev–Trinajstić information content (AvgIpc) is 3.02. The number of methoxy groups -OCH3 is 1. The zero-order valence-corrected chi connectivity index (χ0v) is 14.4. The van der Waals surface area contributed by atoms with Gasteiger partial charge in [-0.25, -0.2) is 15.0 Å². The predicted molar refractivity (Wildman–Crippen MR) is 103 cm³/mol. The molecule has 6 nitrogen and oxygen atoms in total. The summed E-state index contributed by atoms with van der Waals surface area (Å²) in [7, 11) is 1.61. The van der Waals surface area contributed by atoms with Crippen LogP contribution in [0.25, 0.3) is 11.3 Å². The van der Waals surface area contributed by atoms with E-state index in [1.54, 1.807) is 13.3 Å². The van der Waals surface area contributed by atoms with Crippen LogP contribution < -0.4 is 10.1 Å². The molecule has 0 atom stereocenters. The normalized spacial score (nSPS) is 12.2. The number of aryl methyl sites for hydroxylation is 1. The van der Waals surface area contributed by atoms with Gasteiger partial charge in [-0.15, -0.1) is 0 Å². The fraction of sp³-hybridized carbons (Fsp3) is 0.100. The molecule has 2 N–H and O–H groups in total. The van der Waals surface area contributed by atoms with Crippen molar-refractivity contribution in [1.82, 2.24) is 9.97 Å². The zero-order chi connectivity index (χ0) is 18.1. The first-order chi connectivity index (χ1) is 12.7. The number of aliphatic imine (C=N–C) groups is 1. The molecular weight excluding hydrogens is 326 g/mol. The highest BCUT2D eigenvalue weighted by molar-refractivity contribution is 6.14. The molecule has 0 amide bonds. The number of fused-ring (bicyclic) bond motifs is 1. The Kier molecular flexibility index (Phi) is 3.93. The third-order valence-corrected chi connectivity index (χ3v) is 4.24. The van der Waals surface area contributed by atoms with Crippen LogP contribution in [0.15, 0.2) is 53.8 Å². The van der Waals surface area contributed by atoms with Crippen LogP contribution >= 0.6 is 0 Å². The molecule has 4 rings (SSSR count). The quantitative estimate of drug-likeness (QED) is 0.751. The SMILES string of the molecule is COc1c(Nc2ccc3c(c2)C=NC3=N)ncnc1-c1ccc(C)cc1. The molecule has 0 bridgehead atoms. The second-order valence-electron chi connectivity index (χ2n) is 6.00. The molecular formula is C20H17N5O. The summed E-state index contributed by atoms with van der Waals surface area (Å²) in [5.74, 6) is 1.45. The lowest BCUT2D eigenvalue weighted by Crippen LogP contribution is -2.02. The van der Waals surface area contributed by atoms with Crippen molar-refractivity contribution in [3.8, 4) is 17.0 Å². The van der Waals surface area contributed by atoms with Crippen LogP contribution in [0.5, 0.6) is 5.75 Å². The first-order valence-corrected chi connectivity index (χ1v) is 8.16. The molecule has 3 aromatic rings. The number of benzene rings is 2. The molecule has 0 saturated carbocycles. The number of rotatable bonds is 4. The fourth-order valence-electron chi connectivity index (χ4n) is 2.88. The summed E-state index contributed by atoms with van der Waals surface area (Å²) in [5.41, 5.74) is 5.46. The van der Waals surface area contributed by atoms with Gasteiger partial charge in [-0.05, 0) is 25.1 Å². The molecule has 0 spiro atoms. The molecule has 0 aliphatic carbocycles. The van der Waals surface area contributed by atoms with Crippen molar-refractivity contribution in [2.24, 2.45) is 4.99 Å². The van der Waals surface area contributed by atoms with Gasteiger partial charge in [0.1, 0.15) is 12.0 Å². The molecule has 2 aromatic carbocycles. The van der Waals surface area contributed by atoms with Crippen LogP contribution in [0.2, 0.25) is 0 Å². The van der Waals surface area contributed by atoms with E-state index < -0.39 is 0 Å². The summed E-state index contributed by atoms with van der Waals surface area (Å²) in [6.07, 6.45) is 3.21. The molecule has 1 aliphatic rings. The van der Waals surface area contributed by atoms with Gasteiger partial charge in [0.05, 0.1) is 7.11 Å². The monoisotopic (exact) mass is 343 g/mol. The summed E-state index contributed by atoms with van der Waals surface area (Å²) in [4.78, 5) is 12.8. The van der Waals surface area contributed by atoms with E-state index in [-0.39, 0.29) is 5.84 Å². The molecule has 128 valence electrons. The lowest BCUT2D eigenvalue weighted by molar-refractivity contribution is 0.415. The van der Waals surface area contributed by atoms with Crippen LogP contribution in [0.3, 0.4) is 0 Å². The minimum Gasteiger partial charge on any atom is -0.491 e. The van der Waals surface area contributed by atoms with Crippen LogP contribution in [0.1, 0.15) is 16.7 Å². The molecule has 6 heteroatoms. The number of ether oxygens (including phenoxy) is 1. The number of nitrogens with one attached hydrogen (secondary N) is 2. The Bertz CT molecular complexity index is 1020.